The molecule has 0 unspecified atom stereocenters. The van der Waals surface area contributed by atoms with Gasteiger partial charge in [0.05, 0.1) is 24.7 Å². The third-order valence-electron chi connectivity index (χ3n) is 4.70. The number of anilines is 1. The average molecular weight is 439 g/mol. The molecule has 1 aromatic heterocycles. The van der Waals surface area contributed by atoms with E-state index in [0.717, 1.165) is 23.5 Å². The van der Waals surface area contributed by atoms with Crippen molar-refractivity contribution < 1.29 is 18.7 Å². The quantitative estimate of drug-likeness (QED) is 0.385. The van der Waals surface area contributed by atoms with Crippen molar-refractivity contribution in [1.29, 1.82) is 0 Å². The summed E-state index contributed by atoms with van der Waals surface area (Å²) in [4.78, 5) is 27.7. The minimum absolute atomic E-state index is 0.184. The molecule has 1 N–H and O–H groups in total. The number of ether oxygens (including phenoxy) is 1. The lowest BCUT2D eigenvalue weighted by molar-refractivity contribution is 0.0598. The first-order valence-corrected chi connectivity index (χ1v) is 10.9. The standard InChI is InChI=1S/C24H26N2O4S/c1-26(2)14-12-17-8-10-18(11-9-17)25-23(27)20-6-4-5-7-22(20)31-16-21-19(13-15-30-21)24(28)29-3/h4-11,13,15H,12,14,16H2,1-3H3,(H,25,27). The zero-order valence-corrected chi connectivity index (χ0v) is 18.7. The Hall–Kier alpha value is -3.03. The Bertz CT molecular complexity index is 1030. The monoisotopic (exact) mass is 438 g/mol. The fraction of sp³-hybridized carbons (Fsp3) is 0.250. The minimum Gasteiger partial charge on any atom is -0.468 e. The Morgan fingerprint density at radius 3 is 2.48 bits per heavy atom. The van der Waals surface area contributed by atoms with E-state index >= 15 is 0 Å². The van der Waals surface area contributed by atoms with Gasteiger partial charge in [-0.2, -0.15) is 0 Å². The maximum absolute atomic E-state index is 12.9. The molecular formula is C24H26N2O4S. The predicted octanol–water partition coefficient (Wildman–Crippen LogP) is 4.71. The first kappa shape index (κ1) is 22.7. The maximum atomic E-state index is 12.9. The second-order valence-electron chi connectivity index (χ2n) is 7.24. The highest BCUT2D eigenvalue weighted by atomic mass is 32.2. The maximum Gasteiger partial charge on any atom is 0.341 e. The van der Waals surface area contributed by atoms with Gasteiger partial charge in [-0.3, -0.25) is 4.79 Å². The first-order chi connectivity index (χ1) is 15.0. The summed E-state index contributed by atoms with van der Waals surface area (Å²) in [5.74, 6) is 0.295. The van der Waals surface area contributed by atoms with Crippen molar-refractivity contribution in [1.82, 2.24) is 4.90 Å². The lowest BCUT2D eigenvalue weighted by Gasteiger charge is -2.11. The van der Waals surface area contributed by atoms with Crippen LogP contribution in [0, 0.1) is 0 Å². The van der Waals surface area contributed by atoms with E-state index in [-0.39, 0.29) is 5.91 Å². The molecule has 1 amide bonds. The van der Waals surface area contributed by atoms with E-state index in [2.05, 4.69) is 10.2 Å². The smallest absolute Gasteiger partial charge is 0.341 e. The number of thioether (sulfide) groups is 1. The fourth-order valence-corrected chi connectivity index (χ4v) is 3.97. The molecule has 0 aliphatic heterocycles. The van der Waals surface area contributed by atoms with Crippen molar-refractivity contribution in [3.05, 3.63) is 83.3 Å². The number of esters is 1. The number of furan rings is 1. The second-order valence-corrected chi connectivity index (χ2v) is 8.26. The molecule has 0 aliphatic rings. The van der Waals surface area contributed by atoms with Crippen molar-refractivity contribution in [2.75, 3.05) is 33.1 Å². The number of nitrogens with zero attached hydrogens (tertiary/aromatic N) is 1. The van der Waals surface area contributed by atoms with Gasteiger partial charge in [-0.15, -0.1) is 11.8 Å². The summed E-state index contributed by atoms with van der Waals surface area (Å²) in [7, 11) is 5.43. The van der Waals surface area contributed by atoms with Gasteiger partial charge in [0, 0.05) is 17.1 Å². The van der Waals surface area contributed by atoms with Gasteiger partial charge < -0.3 is 19.4 Å². The lowest BCUT2D eigenvalue weighted by Crippen LogP contribution is -2.15. The summed E-state index contributed by atoms with van der Waals surface area (Å²) in [6.45, 7) is 0.976. The molecule has 0 saturated heterocycles. The van der Waals surface area contributed by atoms with E-state index < -0.39 is 5.97 Å². The van der Waals surface area contributed by atoms with Gasteiger partial charge >= 0.3 is 5.97 Å². The molecule has 3 rings (SSSR count). The number of hydrogen-bond acceptors (Lipinski definition) is 6. The molecule has 0 fully saturated rings. The summed E-state index contributed by atoms with van der Waals surface area (Å²) in [6.07, 6.45) is 2.42. The van der Waals surface area contributed by atoms with Crippen LogP contribution in [0.3, 0.4) is 0 Å². The van der Waals surface area contributed by atoms with Crippen LogP contribution in [0.25, 0.3) is 0 Å². The first-order valence-electron chi connectivity index (χ1n) is 9.89. The van der Waals surface area contributed by atoms with Crippen LogP contribution in [0.2, 0.25) is 0 Å². The Morgan fingerprint density at radius 1 is 1.03 bits per heavy atom. The van der Waals surface area contributed by atoms with Gasteiger partial charge in [0.15, 0.2) is 0 Å². The highest BCUT2D eigenvalue weighted by Gasteiger charge is 2.17. The molecule has 0 aliphatic carbocycles. The SMILES string of the molecule is COC(=O)c1ccoc1CSc1ccccc1C(=O)Nc1ccc(CCN(C)C)cc1. The Kier molecular flexibility index (Phi) is 7.92. The minimum atomic E-state index is -0.440. The molecule has 3 aromatic rings. The molecule has 162 valence electrons. The zero-order chi connectivity index (χ0) is 22.2. The van der Waals surface area contributed by atoms with Crippen LogP contribution < -0.4 is 5.32 Å². The molecule has 2 aromatic carbocycles. The molecule has 31 heavy (non-hydrogen) atoms. The molecule has 0 bridgehead atoms. The summed E-state index contributed by atoms with van der Waals surface area (Å²) < 4.78 is 10.2. The molecular weight excluding hydrogens is 412 g/mol. The van der Waals surface area contributed by atoms with E-state index in [1.54, 1.807) is 12.1 Å². The van der Waals surface area contributed by atoms with E-state index in [4.69, 9.17) is 9.15 Å². The normalized spacial score (nSPS) is 10.8. The topological polar surface area (TPSA) is 71.8 Å². The number of benzene rings is 2. The summed E-state index contributed by atoms with van der Waals surface area (Å²) in [5, 5.41) is 2.96. The van der Waals surface area contributed by atoms with Crippen LogP contribution in [0.15, 0.2) is 70.2 Å². The van der Waals surface area contributed by atoms with Crippen molar-refractivity contribution >= 4 is 29.3 Å². The van der Waals surface area contributed by atoms with Gasteiger partial charge in [0.25, 0.3) is 5.91 Å². The number of carbonyl (C=O) groups excluding carboxylic acids is 2. The summed E-state index contributed by atoms with van der Waals surface area (Å²) in [5.41, 5.74) is 2.93. The van der Waals surface area contributed by atoms with Crippen LogP contribution in [-0.4, -0.2) is 44.5 Å². The molecule has 0 radical (unpaired) electrons. The molecule has 6 nitrogen and oxygen atoms in total. The van der Waals surface area contributed by atoms with E-state index in [9.17, 15) is 9.59 Å². The van der Waals surface area contributed by atoms with Gasteiger partial charge in [0.2, 0.25) is 0 Å². The van der Waals surface area contributed by atoms with Crippen molar-refractivity contribution in [2.45, 2.75) is 17.1 Å². The molecule has 0 spiro atoms. The molecule has 7 heteroatoms. The molecule has 1 heterocycles. The van der Waals surface area contributed by atoms with Gasteiger partial charge in [-0.25, -0.2) is 4.79 Å². The van der Waals surface area contributed by atoms with E-state index in [1.165, 1.54) is 30.7 Å². The average Bonchev–Trinajstić information content (AvgIpc) is 3.25. The number of carbonyl (C=O) groups is 2. The Morgan fingerprint density at radius 2 is 1.77 bits per heavy atom. The summed E-state index contributed by atoms with van der Waals surface area (Å²) >= 11 is 1.43. The number of rotatable bonds is 9. The predicted molar refractivity (Wildman–Crippen MR) is 123 cm³/mol. The van der Waals surface area contributed by atoms with E-state index in [1.807, 2.05) is 56.6 Å². The van der Waals surface area contributed by atoms with Crippen molar-refractivity contribution in [3.8, 4) is 0 Å². The summed E-state index contributed by atoms with van der Waals surface area (Å²) in [6, 6.07) is 16.9. The highest BCUT2D eigenvalue weighted by Crippen LogP contribution is 2.29. The third kappa shape index (κ3) is 6.23. The molecule has 0 saturated carbocycles. The fourth-order valence-electron chi connectivity index (χ4n) is 2.97. The Labute approximate surface area is 186 Å². The second kappa shape index (κ2) is 10.8. The van der Waals surface area contributed by atoms with Crippen molar-refractivity contribution in [3.63, 3.8) is 0 Å². The number of amides is 1. The van der Waals surface area contributed by atoms with Gasteiger partial charge in [-0.1, -0.05) is 24.3 Å². The Balaban J connectivity index is 1.66. The van der Waals surface area contributed by atoms with Crippen LogP contribution in [0.1, 0.15) is 32.0 Å². The number of nitrogens with one attached hydrogen (secondary N) is 1. The van der Waals surface area contributed by atoms with Crippen molar-refractivity contribution in [2.24, 2.45) is 0 Å². The third-order valence-corrected chi connectivity index (χ3v) is 5.77. The highest BCUT2D eigenvalue weighted by molar-refractivity contribution is 7.98. The lowest BCUT2D eigenvalue weighted by atomic mass is 10.1. The number of hydrogen-bond donors (Lipinski definition) is 1. The zero-order valence-electron chi connectivity index (χ0n) is 17.9. The van der Waals surface area contributed by atoms with Gasteiger partial charge in [0.1, 0.15) is 11.3 Å². The van der Waals surface area contributed by atoms with E-state index in [0.29, 0.717) is 22.6 Å². The van der Waals surface area contributed by atoms with Crippen LogP contribution in [0.4, 0.5) is 5.69 Å². The number of methoxy groups -OCH3 is 1. The largest absolute Gasteiger partial charge is 0.468 e. The van der Waals surface area contributed by atoms with Crippen LogP contribution in [-0.2, 0) is 16.9 Å². The van der Waals surface area contributed by atoms with Crippen LogP contribution >= 0.6 is 11.8 Å². The van der Waals surface area contributed by atoms with Crippen LogP contribution in [0.5, 0.6) is 0 Å². The van der Waals surface area contributed by atoms with Gasteiger partial charge in [-0.05, 0) is 56.4 Å². The number of likely N-dealkylation sites (N-methyl/N-ethyl adjacent to an activating group) is 1. The molecule has 0 atom stereocenters.